The van der Waals surface area contributed by atoms with E-state index in [1.807, 2.05) is 56.3 Å². The van der Waals surface area contributed by atoms with Gasteiger partial charge in [0.25, 0.3) is 0 Å². The van der Waals surface area contributed by atoms with Gasteiger partial charge in [-0.3, -0.25) is 9.59 Å². The number of nitrogens with one attached hydrogen (secondary N) is 1. The molecule has 0 bridgehead atoms. The highest BCUT2D eigenvalue weighted by Crippen LogP contribution is 2.17. The number of nitrogens with zero attached hydrogens (tertiary/aromatic N) is 1. The van der Waals surface area contributed by atoms with Crippen LogP contribution in [0, 0.1) is 12.8 Å². The highest BCUT2D eigenvalue weighted by molar-refractivity contribution is 7.99. The summed E-state index contributed by atoms with van der Waals surface area (Å²) in [5.41, 5.74) is 3.38. The Kier molecular flexibility index (Phi) is 9.26. The Morgan fingerprint density at radius 3 is 2.31 bits per heavy atom. The number of aryl methyl sites for hydroxylation is 1. The van der Waals surface area contributed by atoms with Crippen LogP contribution in [0.1, 0.15) is 37.5 Å². The number of benzene rings is 2. The lowest BCUT2D eigenvalue weighted by Crippen LogP contribution is -2.48. The average molecular weight is 413 g/mol. The van der Waals surface area contributed by atoms with E-state index in [9.17, 15) is 9.59 Å². The minimum Gasteiger partial charge on any atom is -0.354 e. The molecule has 0 fully saturated rings. The Morgan fingerprint density at radius 1 is 1.00 bits per heavy atom. The molecule has 2 aromatic rings. The number of carbonyl (C=O) groups excluding carboxylic acids is 2. The molecular formula is C24H32N2O2S. The van der Waals surface area contributed by atoms with Gasteiger partial charge in [0.1, 0.15) is 6.04 Å². The molecule has 2 rings (SSSR count). The summed E-state index contributed by atoms with van der Waals surface area (Å²) in [4.78, 5) is 27.4. The predicted octanol–water partition coefficient (Wildman–Crippen LogP) is 4.42. The van der Waals surface area contributed by atoms with Crippen LogP contribution < -0.4 is 5.32 Å². The largest absolute Gasteiger partial charge is 0.354 e. The summed E-state index contributed by atoms with van der Waals surface area (Å²) in [7, 11) is 0. The lowest BCUT2D eigenvalue weighted by molar-refractivity contribution is -0.138. The van der Waals surface area contributed by atoms with E-state index in [0.717, 1.165) is 16.9 Å². The van der Waals surface area contributed by atoms with Gasteiger partial charge in [0, 0.05) is 18.8 Å². The Bertz CT molecular complexity index is 792. The Labute approximate surface area is 179 Å². The van der Waals surface area contributed by atoms with Crippen molar-refractivity contribution in [2.45, 2.75) is 46.0 Å². The molecule has 1 N–H and O–H groups in total. The van der Waals surface area contributed by atoms with Crippen molar-refractivity contribution in [3.63, 3.8) is 0 Å². The molecule has 4 nitrogen and oxygen atoms in total. The maximum Gasteiger partial charge on any atom is 0.242 e. The smallest absolute Gasteiger partial charge is 0.242 e. The van der Waals surface area contributed by atoms with Gasteiger partial charge < -0.3 is 10.2 Å². The highest BCUT2D eigenvalue weighted by atomic mass is 32.2. The standard InChI is InChI=1S/C24H32N2O2S/c1-18(2)14-25-24(28)20(4)26(15-22-13-9-8-10-19(22)3)23(27)17-29-16-21-11-6-5-7-12-21/h5-13,18,20H,14-17H2,1-4H3,(H,25,28)/t20-/m0/s1. The topological polar surface area (TPSA) is 49.4 Å². The van der Waals surface area contributed by atoms with E-state index in [0.29, 0.717) is 24.8 Å². The van der Waals surface area contributed by atoms with Crippen molar-refractivity contribution in [2.24, 2.45) is 5.92 Å². The summed E-state index contributed by atoms with van der Waals surface area (Å²) in [5.74, 6) is 1.38. The van der Waals surface area contributed by atoms with E-state index in [2.05, 4.69) is 31.3 Å². The maximum absolute atomic E-state index is 13.1. The predicted molar refractivity (Wildman–Crippen MR) is 122 cm³/mol. The van der Waals surface area contributed by atoms with Gasteiger partial charge >= 0.3 is 0 Å². The number of rotatable bonds is 10. The van der Waals surface area contributed by atoms with E-state index in [1.165, 1.54) is 5.56 Å². The Morgan fingerprint density at radius 2 is 1.66 bits per heavy atom. The summed E-state index contributed by atoms with van der Waals surface area (Å²) < 4.78 is 0. The first-order valence-corrected chi connectivity index (χ1v) is 11.3. The van der Waals surface area contributed by atoms with E-state index in [1.54, 1.807) is 16.7 Å². The van der Waals surface area contributed by atoms with Gasteiger partial charge in [-0.25, -0.2) is 0 Å². The zero-order valence-electron chi connectivity index (χ0n) is 17.9. The molecule has 0 spiro atoms. The van der Waals surface area contributed by atoms with Crippen LogP contribution in [-0.2, 0) is 21.9 Å². The van der Waals surface area contributed by atoms with Crippen molar-refractivity contribution in [3.05, 3.63) is 71.3 Å². The monoisotopic (exact) mass is 412 g/mol. The van der Waals surface area contributed by atoms with Crippen molar-refractivity contribution >= 4 is 23.6 Å². The van der Waals surface area contributed by atoms with Gasteiger partial charge in [0.15, 0.2) is 0 Å². The van der Waals surface area contributed by atoms with Crippen LogP contribution in [0.25, 0.3) is 0 Å². The SMILES string of the molecule is Cc1ccccc1CN(C(=O)CSCc1ccccc1)[C@@H](C)C(=O)NCC(C)C. The third-order valence-electron chi connectivity index (χ3n) is 4.79. The maximum atomic E-state index is 13.1. The van der Waals surface area contributed by atoms with Crippen LogP contribution in [0.15, 0.2) is 54.6 Å². The third-order valence-corrected chi connectivity index (χ3v) is 5.78. The molecule has 2 aromatic carbocycles. The molecule has 0 radical (unpaired) electrons. The summed E-state index contributed by atoms with van der Waals surface area (Å²) in [6.07, 6.45) is 0. The van der Waals surface area contributed by atoms with Gasteiger partial charge in [-0.1, -0.05) is 68.4 Å². The van der Waals surface area contributed by atoms with Crippen molar-refractivity contribution < 1.29 is 9.59 Å². The minimum atomic E-state index is -0.516. The quantitative estimate of drug-likeness (QED) is 0.628. The molecule has 29 heavy (non-hydrogen) atoms. The highest BCUT2D eigenvalue weighted by Gasteiger charge is 2.26. The number of hydrogen-bond donors (Lipinski definition) is 1. The summed E-state index contributed by atoms with van der Waals surface area (Å²) >= 11 is 1.58. The van der Waals surface area contributed by atoms with Gasteiger partial charge in [-0.2, -0.15) is 0 Å². The Hall–Kier alpha value is -2.27. The number of thioether (sulfide) groups is 1. The number of hydrogen-bond acceptors (Lipinski definition) is 3. The second kappa shape index (κ2) is 11.7. The fraction of sp³-hybridized carbons (Fsp3) is 0.417. The molecular weight excluding hydrogens is 380 g/mol. The van der Waals surface area contributed by atoms with Crippen LogP contribution in [0.5, 0.6) is 0 Å². The third kappa shape index (κ3) is 7.58. The zero-order valence-corrected chi connectivity index (χ0v) is 18.7. The van der Waals surface area contributed by atoms with Crippen LogP contribution in [0.4, 0.5) is 0 Å². The molecule has 0 aliphatic carbocycles. The van der Waals surface area contributed by atoms with E-state index in [4.69, 9.17) is 0 Å². The van der Waals surface area contributed by atoms with Crippen molar-refractivity contribution in [1.29, 1.82) is 0 Å². The molecule has 0 unspecified atom stereocenters. The lowest BCUT2D eigenvalue weighted by atomic mass is 10.1. The first kappa shape index (κ1) is 23.0. The average Bonchev–Trinajstić information content (AvgIpc) is 2.71. The molecule has 2 amide bonds. The number of carbonyl (C=O) groups is 2. The molecule has 0 heterocycles. The normalized spacial score (nSPS) is 11.9. The van der Waals surface area contributed by atoms with Gasteiger partial charge in [0.05, 0.1) is 5.75 Å². The minimum absolute atomic E-state index is 0.0126. The van der Waals surface area contributed by atoms with Gasteiger partial charge in [-0.05, 0) is 36.5 Å². The van der Waals surface area contributed by atoms with E-state index < -0.39 is 6.04 Å². The summed E-state index contributed by atoms with van der Waals surface area (Å²) in [5, 5.41) is 2.96. The fourth-order valence-corrected chi connectivity index (χ4v) is 3.79. The lowest BCUT2D eigenvalue weighted by Gasteiger charge is -2.29. The molecule has 0 saturated carbocycles. The zero-order chi connectivity index (χ0) is 21.2. The van der Waals surface area contributed by atoms with E-state index >= 15 is 0 Å². The molecule has 0 saturated heterocycles. The molecule has 0 aliphatic heterocycles. The van der Waals surface area contributed by atoms with Crippen molar-refractivity contribution in [1.82, 2.24) is 10.2 Å². The molecule has 156 valence electrons. The van der Waals surface area contributed by atoms with Crippen molar-refractivity contribution in [2.75, 3.05) is 12.3 Å². The van der Waals surface area contributed by atoms with Crippen LogP contribution in [0.2, 0.25) is 0 Å². The molecule has 5 heteroatoms. The van der Waals surface area contributed by atoms with Gasteiger partial charge in [0.2, 0.25) is 11.8 Å². The van der Waals surface area contributed by atoms with E-state index in [-0.39, 0.29) is 11.8 Å². The first-order chi connectivity index (χ1) is 13.9. The second-order valence-corrected chi connectivity index (χ2v) is 8.73. The first-order valence-electron chi connectivity index (χ1n) is 10.1. The van der Waals surface area contributed by atoms with Crippen molar-refractivity contribution in [3.8, 4) is 0 Å². The molecule has 1 atom stereocenters. The summed E-state index contributed by atoms with van der Waals surface area (Å²) in [6, 6.07) is 17.6. The fourth-order valence-electron chi connectivity index (χ4n) is 2.92. The Balaban J connectivity index is 2.06. The van der Waals surface area contributed by atoms with Gasteiger partial charge in [-0.15, -0.1) is 11.8 Å². The number of amides is 2. The molecule has 0 aromatic heterocycles. The molecule has 0 aliphatic rings. The van der Waals surface area contributed by atoms with Crippen LogP contribution >= 0.6 is 11.8 Å². The second-order valence-electron chi connectivity index (χ2n) is 7.74. The van der Waals surface area contributed by atoms with Crippen LogP contribution in [-0.4, -0.2) is 35.1 Å². The summed E-state index contributed by atoms with van der Waals surface area (Å²) in [6.45, 7) is 9.01. The van der Waals surface area contributed by atoms with Crippen LogP contribution in [0.3, 0.4) is 0 Å².